The Morgan fingerprint density at radius 2 is 2.07 bits per heavy atom. The molecule has 1 heterocycles. The van der Waals surface area contributed by atoms with E-state index in [1.54, 1.807) is 19.2 Å². The number of rotatable bonds is 2. The van der Waals surface area contributed by atoms with Crippen molar-refractivity contribution in [1.29, 1.82) is 0 Å². The van der Waals surface area contributed by atoms with Gasteiger partial charge in [0.05, 0.1) is 5.69 Å². The van der Waals surface area contributed by atoms with Gasteiger partial charge in [-0.3, -0.25) is 4.79 Å². The number of hydrogen-bond donors (Lipinski definition) is 1. The average Bonchev–Trinajstić information content (AvgIpc) is 2.62. The van der Waals surface area contributed by atoms with Crippen LogP contribution in [0.25, 0.3) is 0 Å². The summed E-state index contributed by atoms with van der Waals surface area (Å²) in [7, 11) is 1.74. The van der Waals surface area contributed by atoms with Crippen LogP contribution in [0.3, 0.4) is 0 Å². The molecule has 1 aromatic carbocycles. The third-order valence-corrected chi connectivity index (χ3v) is 2.00. The molecule has 0 radical (unpaired) electrons. The van der Waals surface area contributed by atoms with Crippen LogP contribution in [0.2, 0.25) is 0 Å². The zero-order valence-electron chi connectivity index (χ0n) is 8.49. The molecule has 5 nitrogen and oxygen atoms in total. The van der Waals surface area contributed by atoms with Gasteiger partial charge in [-0.05, 0) is 0 Å². The molecule has 5 heteroatoms. The van der Waals surface area contributed by atoms with Gasteiger partial charge in [-0.1, -0.05) is 0 Å². The Kier molecular flexibility index (Phi) is 2.37. The summed E-state index contributed by atoms with van der Waals surface area (Å²) in [6, 6.07) is 3.37. The largest absolute Gasteiger partial charge is 0.454 e. The second-order valence-electron chi connectivity index (χ2n) is 3.05. The van der Waals surface area contributed by atoms with Gasteiger partial charge in [0, 0.05) is 26.1 Å². The molecule has 0 saturated carbocycles. The Labute approximate surface area is 86.9 Å². The van der Waals surface area contributed by atoms with E-state index in [0.717, 1.165) is 0 Å². The van der Waals surface area contributed by atoms with Crippen LogP contribution in [0.4, 0.5) is 5.69 Å². The number of nitrogens with one attached hydrogen (secondary N) is 1. The van der Waals surface area contributed by atoms with E-state index in [4.69, 9.17) is 14.2 Å². The Balaban J connectivity index is 2.39. The van der Waals surface area contributed by atoms with E-state index < -0.39 is 0 Å². The summed E-state index contributed by atoms with van der Waals surface area (Å²) in [5, 5.41) is 2.92. The number of benzene rings is 1. The molecule has 0 amide bonds. The summed E-state index contributed by atoms with van der Waals surface area (Å²) in [4.78, 5) is 10.9. The summed E-state index contributed by atoms with van der Waals surface area (Å²) >= 11 is 0. The standard InChI is InChI=1S/C10H11NO4/c1-6(12)15-8-4-10-9(13-5-14-10)3-7(8)11-2/h3-4,11H,5H2,1-2H3. The van der Waals surface area contributed by atoms with E-state index in [1.807, 2.05) is 0 Å². The minimum Gasteiger partial charge on any atom is -0.454 e. The molecule has 1 aliphatic rings. The van der Waals surface area contributed by atoms with Crippen molar-refractivity contribution in [3.63, 3.8) is 0 Å². The predicted molar refractivity (Wildman–Crippen MR) is 53.4 cm³/mol. The lowest BCUT2D eigenvalue weighted by atomic mass is 10.2. The Morgan fingerprint density at radius 3 is 2.67 bits per heavy atom. The molecule has 1 N–H and O–H groups in total. The lowest BCUT2D eigenvalue weighted by Gasteiger charge is -2.09. The number of carbonyl (C=O) groups is 1. The van der Waals surface area contributed by atoms with Crippen molar-refractivity contribution >= 4 is 11.7 Å². The molecule has 1 aromatic rings. The van der Waals surface area contributed by atoms with Gasteiger partial charge in [0.25, 0.3) is 0 Å². The van der Waals surface area contributed by atoms with Gasteiger partial charge >= 0.3 is 5.97 Å². The van der Waals surface area contributed by atoms with Gasteiger partial charge in [0.15, 0.2) is 17.2 Å². The number of anilines is 1. The maximum absolute atomic E-state index is 10.9. The first kappa shape index (κ1) is 9.64. The molecule has 0 aliphatic carbocycles. The number of ether oxygens (including phenoxy) is 3. The van der Waals surface area contributed by atoms with Crippen LogP contribution in [0, 0.1) is 0 Å². The third kappa shape index (κ3) is 1.81. The highest BCUT2D eigenvalue weighted by Crippen LogP contribution is 2.40. The number of esters is 1. The summed E-state index contributed by atoms with van der Waals surface area (Å²) in [5.41, 5.74) is 0.689. The summed E-state index contributed by atoms with van der Waals surface area (Å²) in [6.07, 6.45) is 0. The molecular weight excluding hydrogens is 198 g/mol. The normalized spacial score (nSPS) is 12.4. The predicted octanol–water partition coefficient (Wildman–Crippen LogP) is 1.38. The van der Waals surface area contributed by atoms with Crippen molar-refractivity contribution in [1.82, 2.24) is 0 Å². The minimum absolute atomic E-state index is 0.196. The van der Waals surface area contributed by atoms with Gasteiger partial charge in [-0.25, -0.2) is 0 Å². The molecule has 0 atom stereocenters. The summed E-state index contributed by atoms with van der Waals surface area (Å²) in [5.74, 6) is 1.31. The molecule has 80 valence electrons. The summed E-state index contributed by atoms with van der Waals surface area (Å²) in [6.45, 7) is 1.55. The van der Waals surface area contributed by atoms with Crippen LogP contribution in [-0.4, -0.2) is 19.8 Å². The lowest BCUT2D eigenvalue weighted by molar-refractivity contribution is -0.131. The molecule has 0 bridgehead atoms. The van der Waals surface area contributed by atoms with E-state index in [0.29, 0.717) is 22.9 Å². The first-order valence-electron chi connectivity index (χ1n) is 4.50. The monoisotopic (exact) mass is 209 g/mol. The van der Waals surface area contributed by atoms with Gasteiger partial charge in [0.1, 0.15) is 0 Å². The highest BCUT2D eigenvalue weighted by molar-refractivity contribution is 5.74. The average molecular weight is 209 g/mol. The number of fused-ring (bicyclic) bond motifs is 1. The SMILES string of the molecule is CNc1cc2c(cc1OC(C)=O)OCO2. The van der Waals surface area contributed by atoms with E-state index in [9.17, 15) is 4.79 Å². The van der Waals surface area contributed by atoms with Crippen LogP contribution in [0.1, 0.15) is 6.92 Å². The highest BCUT2D eigenvalue weighted by Gasteiger charge is 2.18. The molecule has 0 saturated heterocycles. The zero-order valence-corrected chi connectivity index (χ0v) is 8.49. The molecule has 2 rings (SSSR count). The first-order valence-corrected chi connectivity index (χ1v) is 4.50. The van der Waals surface area contributed by atoms with Crippen molar-refractivity contribution in [2.24, 2.45) is 0 Å². The second-order valence-corrected chi connectivity index (χ2v) is 3.05. The van der Waals surface area contributed by atoms with Crippen molar-refractivity contribution in [2.75, 3.05) is 19.2 Å². The Bertz CT molecular complexity index is 403. The van der Waals surface area contributed by atoms with E-state index in [-0.39, 0.29) is 12.8 Å². The van der Waals surface area contributed by atoms with Gasteiger partial charge in [0.2, 0.25) is 6.79 Å². The fourth-order valence-corrected chi connectivity index (χ4v) is 1.36. The molecule has 0 aromatic heterocycles. The Hall–Kier alpha value is -1.91. The fraction of sp³-hybridized carbons (Fsp3) is 0.300. The third-order valence-electron chi connectivity index (χ3n) is 2.00. The minimum atomic E-state index is -0.370. The van der Waals surface area contributed by atoms with Crippen LogP contribution in [-0.2, 0) is 4.79 Å². The van der Waals surface area contributed by atoms with Crippen LogP contribution in [0.5, 0.6) is 17.2 Å². The number of carbonyl (C=O) groups excluding carboxylic acids is 1. The fourth-order valence-electron chi connectivity index (χ4n) is 1.36. The molecule has 15 heavy (non-hydrogen) atoms. The zero-order chi connectivity index (χ0) is 10.8. The molecule has 0 spiro atoms. The maximum Gasteiger partial charge on any atom is 0.308 e. The van der Waals surface area contributed by atoms with Crippen molar-refractivity contribution in [3.8, 4) is 17.2 Å². The van der Waals surface area contributed by atoms with Crippen LogP contribution < -0.4 is 19.5 Å². The van der Waals surface area contributed by atoms with Crippen molar-refractivity contribution < 1.29 is 19.0 Å². The number of hydrogen-bond acceptors (Lipinski definition) is 5. The maximum atomic E-state index is 10.9. The molecular formula is C10H11NO4. The van der Waals surface area contributed by atoms with Gasteiger partial charge in [-0.2, -0.15) is 0 Å². The highest BCUT2D eigenvalue weighted by atomic mass is 16.7. The Morgan fingerprint density at radius 1 is 1.40 bits per heavy atom. The molecule has 0 fully saturated rings. The van der Waals surface area contributed by atoms with Crippen LogP contribution in [0.15, 0.2) is 12.1 Å². The van der Waals surface area contributed by atoms with Gasteiger partial charge in [-0.15, -0.1) is 0 Å². The molecule has 0 unspecified atom stereocenters. The van der Waals surface area contributed by atoms with Crippen LogP contribution >= 0.6 is 0 Å². The van der Waals surface area contributed by atoms with Crippen molar-refractivity contribution in [3.05, 3.63) is 12.1 Å². The molecule has 1 aliphatic heterocycles. The quantitative estimate of drug-likeness (QED) is 0.589. The lowest BCUT2D eigenvalue weighted by Crippen LogP contribution is -2.04. The summed E-state index contributed by atoms with van der Waals surface area (Å²) < 4.78 is 15.4. The van der Waals surface area contributed by atoms with E-state index in [2.05, 4.69) is 5.32 Å². The van der Waals surface area contributed by atoms with Gasteiger partial charge < -0.3 is 19.5 Å². The first-order chi connectivity index (χ1) is 7.20. The smallest absolute Gasteiger partial charge is 0.308 e. The second kappa shape index (κ2) is 3.68. The topological polar surface area (TPSA) is 56.8 Å². The van der Waals surface area contributed by atoms with Crippen molar-refractivity contribution in [2.45, 2.75) is 6.92 Å². The van der Waals surface area contributed by atoms with E-state index in [1.165, 1.54) is 6.92 Å². The van der Waals surface area contributed by atoms with E-state index >= 15 is 0 Å².